The molecule has 170 valence electrons. The van der Waals surface area contributed by atoms with Gasteiger partial charge in [0.15, 0.2) is 11.6 Å². The molecular formula is C24H23F2N5O2. The average molecular weight is 451 g/mol. The summed E-state index contributed by atoms with van der Waals surface area (Å²) in [6, 6.07) is 15.8. The Bertz CT molecular complexity index is 1130. The number of benzene rings is 2. The second kappa shape index (κ2) is 10.3. The van der Waals surface area contributed by atoms with E-state index in [4.69, 9.17) is 15.2 Å². The van der Waals surface area contributed by atoms with E-state index in [9.17, 15) is 14.0 Å². The number of hydrogen-bond donors (Lipinski definition) is 1. The van der Waals surface area contributed by atoms with Gasteiger partial charge in [0, 0.05) is 31.3 Å². The second-order valence-corrected chi connectivity index (χ2v) is 7.57. The van der Waals surface area contributed by atoms with Gasteiger partial charge >= 0.3 is 0 Å². The summed E-state index contributed by atoms with van der Waals surface area (Å²) in [5.41, 5.74) is 7.89. The molecule has 9 heteroatoms. The van der Waals surface area contributed by atoms with Crippen molar-refractivity contribution < 1.29 is 18.3 Å². The monoisotopic (exact) mass is 451 g/mol. The van der Waals surface area contributed by atoms with Crippen molar-refractivity contribution in [3.63, 3.8) is 0 Å². The fourth-order valence-electron chi connectivity index (χ4n) is 3.68. The third-order valence-electron chi connectivity index (χ3n) is 5.50. The Balaban J connectivity index is 1.64. The van der Waals surface area contributed by atoms with Crippen LogP contribution in [0.3, 0.4) is 0 Å². The highest BCUT2D eigenvalue weighted by molar-refractivity contribution is 5.72. The first-order valence-electron chi connectivity index (χ1n) is 10.5. The van der Waals surface area contributed by atoms with Gasteiger partial charge < -0.3 is 20.1 Å². The number of hydrogen-bond acceptors (Lipinski definition) is 7. The van der Waals surface area contributed by atoms with Crippen LogP contribution in [0.15, 0.2) is 54.7 Å². The topological polar surface area (TPSA) is 97.3 Å². The van der Waals surface area contributed by atoms with Crippen LogP contribution in [0.1, 0.15) is 17.0 Å². The van der Waals surface area contributed by atoms with Crippen LogP contribution in [0.25, 0.3) is 11.1 Å². The molecule has 1 aromatic heterocycles. The van der Waals surface area contributed by atoms with Crippen molar-refractivity contribution >= 4 is 5.82 Å². The van der Waals surface area contributed by atoms with Gasteiger partial charge in [0.25, 0.3) is 0 Å². The minimum Gasteiger partial charge on any atom is -0.455 e. The van der Waals surface area contributed by atoms with Crippen LogP contribution in [0.4, 0.5) is 14.6 Å². The molecule has 0 aliphatic carbocycles. The fourth-order valence-corrected chi connectivity index (χ4v) is 3.68. The molecule has 7 nitrogen and oxygen atoms in total. The van der Waals surface area contributed by atoms with Gasteiger partial charge in [-0.05, 0) is 29.3 Å². The minimum absolute atomic E-state index is 0.136. The van der Waals surface area contributed by atoms with Gasteiger partial charge in [0.05, 0.1) is 37.0 Å². The molecule has 33 heavy (non-hydrogen) atoms. The molecule has 1 aliphatic rings. The number of anilines is 1. The zero-order valence-corrected chi connectivity index (χ0v) is 17.8. The van der Waals surface area contributed by atoms with E-state index < -0.39 is 12.3 Å². The van der Waals surface area contributed by atoms with Crippen LogP contribution in [-0.4, -0.2) is 49.5 Å². The molecule has 0 spiro atoms. The van der Waals surface area contributed by atoms with Crippen molar-refractivity contribution in [2.45, 2.75) is 12.3 Å². The van der Waals surface area contributed by atoms with E-state index in [-0.39, 0.29) is 6.54 Å². The van der Waals surface area contributed by atoms with Gasteiger partial charge in [-0.25, -0.2) is 8.78 Å². The molecule has 2 N–H and O–H groups in total. The number of morpholine rings is 1. The number of nitrogens with zero attached hydrogens (tertiary/aromatic N) is 4. The summed E-state index contributed by atoms with van der Waals surface area (Å²) in [6.45, 7) is 2.52. The number of halogens is 2. The SMILES string of the molecule is N#Cc1ccc(-c2ccc(C(CN)C(F)F)cc2)c(Oc2cnnc(N3CCOCC3)c2)c1. The van der Waals surface area contributed by atoms with Crippen molar-refractivity contribution in [2.24, 2.45) is 5.73 Å². The molecule has 1 saturated heterocycles. The van der Waals surface area contributed by atoms with Crippen molar-refractivity contribution in [3.05, 3.63) is 65.9 Å². The molecule has 3 aromatic rings. The third kappa shape index (κ3) is 5.25. The number of nitrogens with two attached hydrogens (primary N) is 1. The molecular weight excluding hydrogens is 428 g/mol. The van der Waals surface area contributed by atoms with E-state index in [1.54, 1.807) is 48.5 Å². The van der Waals surface area contributed by atoms with Crippen LogP contribution in [-0.2, 0) is 4.74 Å². The van der Waals surface area contributed by atoms with Crippen LogP contribution in [0.5, 0.6) is 11.5 Å². The van der Waals surface area contributed by atoms with Gasteiger partial charge in [0.2, 0.25) is 6.43 Å². The molecule has 1 aliphatic heterocycles. The summed E-state index contributed by atoms with van der Waals surface area (Å²) in [5, 5.41) is 17.6. The average Bonchev–Trinajstić information content (AvgIpc) is 2.85. The molecule has 1 atom stereocenters. The van der Waals surface area contributed by atoms with Gasteiger partial charge in [-0.15, -0.1) is 5.10 Å². The number of alkyl halides is 2. The quantitative estimate of drug-likeness (QED) is 0.581. The van der Waals surface area contributed by atoms with E-state index >= 15 is 0 Å². The van der Waals surface area contributed by atoms with E-state index in [1.165, 1.54) is 6.20 Å². The van der Waals surface area contributed by atoms with E-state index in [0.717, 1.165) is 5.56 Å². The molecule has 2 aromatic carbocycles. The zero-order chi connectivity index (χ0) is 23.2. The summed E-state index contributed by atoms with van der Waals surface area (Å²) in [6.07, 6.45) is -1.03. The molecule has 0 amide bonds. The highest BCUT2D eigenvalue weighted by atomic mass is 19.3. The first-order valence-corrected chi connectivity index (χ1v) is 10.5. The minimum atomic E-state index is -2.53. The largest absolute Gasteiger partial charge is 0.455 e. The standard InChI is InChI=1S/C24H23F2N5O2/c25-24(26)21(14-28)18-4-2-17(3-5-18)20-6-1-16(13-27)11-22(20)33-19-12-23(30-29-15-19)31-7-9-32-10-8-31/h1-6,11-12,15,21,24H,7-10,14,28H2. The van der Waals surface area contributed by atoms with Gasteiger partial charge in [-0.1, -0.05) is 24.3 Å². The van der Waals surface area contributed by atoms with Gasteiger partial charge in [0.1, 0.15) is 5.75 Å². The highest BCUT2D eigenvalue weighted by Gasteiger charge is 2.21. The smallest absolute Gasteiger partial charge is 0.246 e. The van der Waals surface area contributed by atoms with Crippen molar-refractivity contribution in [1.29, 1.82) is 5.26 Å². The number of rotatable bonds is 7. The summed E-state index contributed by atoms with van der Waals surface area (Å²) < 4.78 is 37.9. The predicted octanol–water partition coefficient (Wildman–Crippen LogP) is 3.95. The molecule has 1 unspecified atom stereocenters. The summed E-state index contributed by atoms with van der Waals surface area (Å²) in [5.74, 6) is 0.586. The predicted molar refractivity (Wildman–Crippen MR) is 120 cm³/mol. The Labute approximate surface area is 190 Å². The van der Waals surface area contributed by atoms with Gasteiger partial charge in [-0.3, -0.25) is 0 Å². The van der Waals surface area contributed by atoms with Gasteiger partial charge in [-0.2, -0.15) is 10.4 Å². The van der Waals surface area contributed by atoms with Crippen LogP contribution >= 0.6 is 0 Å². The first-order chi connectivity index (χ1) is 16.1. The number of nitriles is 1. The molecule has 4 rings (SSSR count). The maximum atomic E-state index is 13.2. The number of ether oxygens (including phenoxy) is 2. The van der Waals surface area contributed by atoms with Crippen molar-refractivity contribution in [3.8, 4) is 28.7 Å². The fraction of sp³-hybridized carbons (Fsp3) is 0.292. The van der Waals surface area contributed by atoms with Crippen molar-refractivity contribution in [1.82, 2.24) is 10.2 Å². The lowest BCUT2D eigenvalue weighted by Crippen LogP contribution is -2.36. The Kier molecular flexibility index (Phi) is 7.07. The lowest BCUT2D eigenvalue weighted by molar-refractivity contribution is 0.117. The Morgan fingerprint density at radius 1 is 1.12 bits per heavy atom. The molecule has 0 radical (unpaired) electrons. The normalized spacial score (nSPS) is 14.7. The Hall–Kier alpha value is -3.61. The summed E-state index contributed by atoms with van der Waals surface area (Å²) in [4.78, 5) is 2.06. The van der Waals surface area contributed by atoms with E-state index in [0.29, 0.717) is 60.3 Å². The van der Waals surface area contributed by atoms with Crippen LogP contribution < -0.4 is 15.4 Å². The summed E-state index contributed by atoms with van der Waals surface area (Å²) >= 11 is 0. The number of aromatic nitrogens is 2. The molecule has 0 saturated carbocycles. The highest BCUT2D eigenvalue weighted by Crippen LogP contribution is 2.36. The summed E-state index contributed by atoms with van der Waals surface area (Å²) in [7, 11) is 0. The maximum Gasteiger partial charge on any atom is 0.246 e. The zero-order valence-electron chi connectivity index (χ0n) is 17.8. The van der Waals surface area contributed by atoms with E-state index in [1.807, 2.05) is 0 Å². The Morgan fingerprint density at radius 2 is 1.88 bits per heavy atom. The first kappa shape index (κ1) is 22.6. The molecule has 1 fully saturated rings. The van der Waals surface area contributed by atoms with E-state index in [2.05, 4.69) is 21.2 Å². The Morgan fingerprint density at radius 3 is 2.55 bits per heavy atom. The van der Waals surface area contributed by atoms with Crippen molar-refractivity contribution in [2.75, 3.05) is 37.7 Å². The lowest BCUT2D eigenvalue weighted by Gasteiger charge is -2.27. The second-order valence-electron chi connectivity index (χ2n) is 7.57. The van der Waals surface area contributed by atoms with Crippen LogP contribution in [0.2, 0.25) is 0 Å². The maximum absolute atomic E-state index is 13.2. The molecule has 0 bridgehead atoms. The molecule has 2 heterocycles. The van der Waals surface area contributed by atoms with Crippen LogP contribution in [0, 0.1) is 11.3 Å². The third-order valence-corrected chi connectivity index (χ3v) is 5.50. The lowest BCUT2D eigenvalue weighted by atomic mass is 9.96.